The van der Waals surface area contributed by atoms with Gasteiger partial charge in [0.2, 0.25) is 0 Å². The summed E-state index contributed by atoms with van der Waals surface area (Å²) < 4.78 is 0. The monoisotopic (exact) mass is 286 g/mol. The van der Waals surface area contributed by atoms with E-state index in [4.69, 9.17) is 5.73 Å². The fourth-order valence-corrected chi connectivity index (χ4v) is 2.38. The van der Waals surface area contributed by atoms with E-state index in [-0.39, 0.29) is 5.82 Å². The Bertz CT molecular complexity index is 864. The number of pyridine rings is 2. The molecule has 0 spiro atoms. The number of nitriles is 1. The summed E-state index contributed by atoms with van der Waals surface area (Å²) in [6.45, 7) is 2.02. The summed E-state index contributed by atoms with van der Waals surface area (Å²) in [5.74, 6) is 0.236. The van der Waals surface area contributed by atoms with E-state index in [1.807, 2.05) is 49.4 Å². The van der Waals surface area contributed by atoms with Crippen LogP contribution in [-0.4, -0.2) is 9.97 Å². The second-order valence-corrected chi connectivity index (χ2v) is 5.04. The van der Waals surface area contributed by atoms with Crippen molar-refractivity contribution in [3.63, 3.8) is 0 Å². The van der Waals surface area contributed by atoms with Crippen LogP contribution in [0.1, 0.15) is 11.1 Å². The van der Waals surface area contributed by atoms with Gasteiger partial charge in [0.1, 0.15) is 17.5 Å². The Morgan fingerprint density at radius 3 is 2.59 bits per heavy atom. The van der Waals surface area contributed by atoms with Gasteiger partial charge in [0.15, 0.2) is 0 Å². The lowest BCUT2D eigenvalue weighted by atomic mass is 9.97. The van der Waals surface area contributed by atoms with E-state index in [9.17, 15) is 5.26 Å². The molecule has 0 aliphatic rings. The normalized spacial score (nSPS) is 10.2. The van der Waals surface area contributed by atoms with Gasteiger partial charge in [-0.2, -0.15) is 5.26 Å². The second kappa shape index (κ2) is 5.66. The van der Waals surface area contributed by atoms with Crippen molar-refractivity contribution in [2.45, 2.75) is 6.92 Å². The zero-order chi connectivity index (χ0) is 15.5. The minimum absolute atomic E-state index is 0.236. The molecule has 22 heavy (non-hydrogen) atoms. The highest BCUT2D eigenvalue weighted by Gasteiger charge is 2.13. The third-order valence-electron chi connectivity index (χ3n) is 3.45. The van der Waals surface area contributed by atoms with Gasteiger partial charge in [-0.05, 0) is 30.7 Å². The molecular formula is C18H14N4. The number of hydrogen-bond donors (Lipinski definition) is 1. The molecule has 0 saturated carbocycles. The van der Waals surface area contributed by atoms with Gasteiger partial charge in [0.25, 0.3) is 0 Å². The van der Waals surface area contributed by atoms with E-state index in [2.05, 4.69) is 16.0 Å². The van der Waals surface area contributed by atoms with Gasteiger partial charge in [-0.15, -0.1) is 0 Å². The van der Waals surface area contributed by atoms with E-state index in [1.165, 1.54) is 0 Å². The van der Waals surface area contributed by atoms with Gasteiger partial charge in [0.05, 0.1) is 5.69 Å². The molecule has 0 fully saturated rings. The van der Waals surface area contributed by atoms with Crippen molar-refractivity contribution in [2.24, 2.45) is 0 Å². The number of nitrogens with zero attached hydrogens (tertiary/aromatic N) is 3. The first-order valence-electron chi connectivity index (χ1n) is 6.87. The second-order valence-electron chi connectivity index (χ2n) is 5.04. The molecule has 3 rings (SSSR count). The lowest BCUT2D eigenvalue weighted by molar-refractivity contribution is 1.27. The first-order valence-corrected chi connectivity index (χ1v) is 6.87. The van der Waals surface area contributed by atoms with Crippen molar-refractivity contribution >= 4 is 5.82 Å². The summed E-state index contributed by atoms with van der Waals surface area (Å²) in [5, 5.41) is 9.41. The molecule has 0 aliphatic heterocycles. The predicted octanol–water partition coefficient (Wildman–Crippen LogP) is 3.57. The van der Waals surface area contributed by atoms with Crippen LogP contribution >= 0.6 is 0 Å². The first-order chi connectivity index (χ1) is 10.7. The highest BCUT2D eigenvalue weighted by atomic mass is 14.8. The quantitative estimate of drug-likeness (QED) is 0.781. The summed E-state index contributed by atoms with van der Waals surface area (Å²) in [6.07, 6.45) is 3.44. The van der Waals surface area contributed by atoms with Gasteiger partial charge >= 0.3 is 0 Å². The van der Waals surface area contributed by atoms with Gasteiger partial charge in [-0.3, -0.25) is 4.98 Å². The minimum atomic E-state index is 0.236. The maximum Gasteiger partial charge on any atom is 0.142 e. The average molecular weight is 286 g/mol. The van der Waals surface area contributed by atoms with Crippen LogP contribution in [-0.2, 0) is 0 Å². The molecule has 1 aromatic carbocycles. The molecule has 0 amide bonds. The molecule has 4 heteroatoms. The van der Waals surface area contributed by atoms with Crippen LogP contribution in [0.4, 0.5) is 5.82 Å². The zero-order valence-electron chi connectivity index (χ0n) is 12.1. The van der Waals surface area contributed by atoms with Crippen LogP contribution in [0.2, 0.25) is 0 Å². The van der Waals surface area contributed by atoms with Gasteiger partial charge in [-0.25, -0.2) is 4.98 Å². The number of rotatable bonds is 2. The molecule has 2 N–H and O–H groups in total. The van der Waals surface area contributed by atoms with Crippen molar-refractivity contribution in [2.75, 3.05) is 5.73 Å². The molecule has 106 valence electrons. The number of aryl methyl sites for hydroxylation is 1. The van der Waals surface area contributed by atoms with Crippen molar-refractivity contribution in [3.05, 3.63) is 66.0 Å². The van der Waals surface area contributed by atoms with Crippen LogP contribution in [0.5, 0.6) is 0 Å². The third kappa shape index (κ3) is 2.52. The van der Waals surface area contributed by atoms with Crippen molar-refractivity contribution in [1.29, 1.82) is 5.26 Å². The highest BCUT2D eigenvalue weighted by molar-refractivity contribution is 5.80. The van der Waals surface area contributed by atoms with E-state index < -0.39 is 0 Å². The predicted molar refractivity (Wildman–Crippen MR) is 86.8 cm³/mol. The van der Waals surface area contributed by atoms with Gasteiger partial charge in [-0.1, -0.05) is 29.8 Å². The first kappa shape index (κ1) is 13.8. The van der Waals surface area contributed by atoms with Crippen LogP contribution in [0.3, 0.4) is 0 Å². The van der Waals surface area contributed by atoms with Crippen LogP contribution in [0.15, 0.2) is 54.9 Å². The number of aromatic nitrogens is 2. The summed E-state index contributed by atoms with van der Waals surface area (Å²) in [6, 6.07) is 15.8. The maximum atomic E-state index is 9.41. The number of anilines is 1. The molecule has 0 aliphatic carbocycles. The fourth-order valence-electron chi connectivity index (χ4n) is 2.38. The van der Waals surface area contributed by atoms with Gasteiger partial charge in [0, 0.05) is 23.5 Å². The van der Waals surface area contributed by atoms with Crippen LogP contribution < -0.4 is 5.73 Å². The maximum absolute atomic E-state index is 9.41. The highest BCUT2D eigenvalue weighted by Crippen LogP contribution is 2.31. The zero-order valence-corrected chi connectivity index (χ0v) is 12.1. The Morgan fingerprint density at radius 1 is 1.09 bits per heavy atom. The Hall–Kier alpha value is -3.19. The molecule has 0 atom stereocenters. The Labute approximate surface area is 128 Å². The number of benzene rings is 1. The number of hydrogen-bond acceptors (Lipinski definition) is 4. The summed E-state index contributed by atoms with van der Waals surface area (Å²) >= 11 is 0. The number of nitrogen functional groups attached to an aromatic ring is 1. The standard InChI is InChI=1S/C18H14N4/c1-12-4-2-5-13(8-12)15-9-17(14-6-3-7-21-11-14)22-18(20)16(15)10-19/h2-9,11H,1H3,(H2,20,22). The largest absolute Gasteiger partial charge is 0.383 e. The lowest BCUT2D eigenvalue weighted by Crippen LogP contribution is -2.00. The van der Waals surface area contributed by atoms with E-state index in [1.54, 1.807) is 12.4 Å². The molecule has 0 bridgehead atoms. The molecule has 0 radical (unpaired) electrons. The summed E-state index contributed by atoms with van der Waals surface area (Å²) in [4.78, 5) is 8.44. The molecule has 0 saturated heterocycles. The Morgan fingerprint density at radius 2 is 1.91 bits per heavy atom. The minimum Gasteiger partial charge on any atom is -0.383 e. The molecule has 0 unspecified atom stereocenters. The van der Waals surface area contributed by atoms with Crippen LogP contribution in [0.25, 0.3) is 22.4 Å². The summed E-state index contributed by atoms with van der Waals surface area (Å²) in [5.41, 5.74) is 10.8. The topological polar surface area (TPSA) is 75.6 Å². The molecule has 2 aromatic heterocycles. The van der Waals surface area contributed by atoms with E-state index >= 15 is 0 Å². The van der Waals surface area contributed by atoms with Crippen molar-refractivity contribution in [3.8, 4) is 28.5 Å². The molecule has 2 heterocycles. The smallest absolute Gasteiger partial charge is 0.142 e. The number of nitrogens with two attached hydrogens (primary N) is 1. The lowest BCUT2D eigenvalue weighted by Gasteiger charge is -2.10. The SMILES string of the molecule is Cc1cccc(-c2cc(-c3cccnc3)nc(N)c2C#N)c1. The molecule has 4 nitrogen and oxygen atoms in total. The van der Waals surface area contributed by atoms with E-state index in [0.717, 1.165) is 22.3 Å². The molecular weight excluding hydrogens is 272 g/mol. The molecule has 3 aromatic rings. The Balaban J connectivity index is 2.25. The van der Waals surface area contributed by atoms with E-state index in [0.29, 0.717) is 11.3 Å². The van der Waals surface area contributed by atoms with Crippen LogP contribution in [0, 0.1) is 18.3 Å². The average Bonchev–Trinajstić information content (AvgIpc) is 2.55. The van der Waals surface area contributed by atoms with Crippen molar-refractivity contribution < 1.29 is 0 Å². The third-order valence-corrected chi connectivity index (χ3v) is 3.45. The Kier molecular flexibility index (Phi) is 3.55. The fraction of sp³-hybridized carbons (Fsp3) is 0.0556. The summed E-state index contributed by atoms with van der Waals surface area (Å²) in [7, 11) is 0. The van der Waals surface area contributed by atoms with Gasteiger partial charge < -0.3 is 5.73 Å². The van der Waals surface area contributed by atoms with Crippen molar-refractivity contribution in [1.82, 2.24) is 9.97 Å².